The highest BCUT2D eigenvalue weighted by Gasteiger charge is 2.42. The van der Waals surface area contributed by atoms with Crippen LogP contribution in [-0.4, -0.2) is 26.7 Å². The lowest BCUT2D eigenvalue weighted by Gasteiger charge is -2.42. The summed E-state index contributed by atoms with van der Waals surface area (Å²) in [6, 6.07) is 10.1. The summed E-state index contributed by atoms with van der Waals surface area (Å²) in [5.41, 5.74) is 1.14. The van der Waals surface area contributed by atoms with Crippen LogP contribution in [-0.2, 0) is 15.8 Å². The summed E-state index contributed by atoms with van der Waals surface area (Å²) >= 11 is 0. The van der Waals surface area contributed by atoms with E-state index in [1.165, 1.54) is 0 Å². The third kappa shape index (κ3) is 5.13. The van der Waals surface area contributed by atoms with Crippen LogP contribution in [0.4, 0.5) is 4.39 Å². The normalized spacial score (nSPS) is 26.3. The SMILES string of the molecule is CC(C)(C)[Si](C)(C)OC1CCC(OCc2ccccc2)CC1F. The van der Waals surface area contributed by atoms with Gasteiger partial charge in [-0.15, -0.1) is 0 Å². The van der Waals surface area contributed by atoms with E-state index in [-0.39, 0.29) is 17.2 Å². The molecule has 1 aliphatic rings. The monoisotopic (exact) mass is 338 g/mol. The van der Waals surface area contributed by atoms with Crippen LogP contribution in [0.2, 0.25) is 18.1 Å². The van der Waals surface area contributed by atoms with Gasteiger partial charge in [-0.25, -0.2) is 4.39 Å². The Morgan fingerprint density at radius 2 is 1.78 bits per heavy atom. The predicted molar refractivity (Wildman–Crippen MR) is 95.8 cm³/mol. The van der Waals surface area contributed by atoms with E-state index >= 15 is 0 Å². The van der Waals surface area contributed by atoms with Crippen LogP contribution in [0, 0.1) is 0 Å². The first-order chi connectivity index (χ1) is 10.7. The first-order valence-corrected chi connectivity index (χ1v) is 11.6. The van der Waals surface area contributed by atoms with Crippen LogP contribution >= 0.6 is 0 Å². The fourth-order valence-corrected chi connectivity index (χ4v) is 4.06. The van der Waals surface area contributed by atoms with Crippen LogP contribution in [0.5, 0.6) is 0 Å². The second-order valence-electron chi connectivity index (χ2n) is 8.16. The molecule has 0 heterocycles. The molecule has 130 valence electrons. The maximum Gasteiger partial charge on any atom is 0.192 e. The van der Waals surface area contributed by atoms with Crippen molar-refractivity contribution in [1.82, 2.24) is 0 Å². The minimum Gasteiger partial charge on any atom is -0.411 e. The first kappa shape index (κ1) is 18.6. The second-order valence-corrected chi connectivity index (χ2v) is 12.9. The van der Waals surface area contributed by atoms with Crippen molar-refractivity contribution in [3.8, 4) is 0 Å². The number of rotatable bonds is 5. The van der Waals surface area contributed by atoms with Crippen molar-refractivity contribution >= 4 is 8.32 Å². The number of halogens is 1. The average Bonchev–Trinajstić information content (AvgIpc) is 2.47. The summed E-state index contributed by atoms with van der Waals surface area (Å²) in [7, 11) is -1.91. The quantitative estimate of drug-likeness (QED) is 0.661. The molecular weight excluding hydrogens is 307 g/mol. The predicted octanol–water partition coefficient (Wildman–Crippen LogP) is 5.48. The van der Waals surface area contributed by atoms with E-state index in [0.717, 1.165) is 18.4 Å². The summed E-state index contributed by atoms with van der Waals surface area (Å²) in [6.07, 6.45) is 0.918. The molecule has 1 aliphatic carbocycles. The zero-order valence-electron chi connectivity index (χ0n) is 15.1. The molecule has 0 radical (unpaired) electrons. The van der Waals surface area contributed by atoms with E-state index in [1.807, 2.05) is 30.3 Å². The molecule has 1 fully saturated rings. The van der Waals surface area contributed by atoms with Crippen molar-refractivity contribution in [1.29, 1.82) is 0 Å². The lowest BCUT2D eigenvalue weighted by Crippen LogP contribution is -2.48. The maximum atomic E-state index is 14.6. The van der Waals surface area contributed by atoms with Crippen LogP contribution in [0.1, 0.15) is 45.6 Å². The Labute approximate surface area is 141 Å². The molecule has 4 heteroatoms. The van der Waals surface area contributed by atoms with Gasteiger partial charge in [0.05, 0.1) is 18.8 Å². The molecule has 1 aromatic rings. The molecule has 23 heavy (non-hydrogen) atoms. The molecule has 3 unspecified atom stereocenters. The van der Waals surface area contributed by atoms with Crippen LogP contribution in [0.15, 0.2) is 30.3 Å². The zero-order chi connectivity index (χ0) is 17.1. The minimum absolute atomic E-state index is 0.00414. The largest absolute Gasteiger partial charge is 0.411 e. The average molecular weight is 339 g/mol. The van der Waals surface area contributed by atoms with E-state index < -0.39 is 14.5 Å². The fourth-order valence-electron chi connectivity index (χ4n) is 2.68. The number of alkyl halides is 1. The van der Waals surface area contributed by atoms with E-state index in [1.54, 1.807) is 0 Å². The summed E-state index contributed by atoms with van der Waals surface area (Å²) in [6.45, 7) is 11.5. The van der Waals surface area contributed by atoms with E-state index in [0.29, 0.717) is 13.0 Å². The third-order valence-electron chi connectivity index (χ3n) is 5.25. The topological polar surface area (TPSA) is 18.5 Å². The molecule has 2 nitrogen and oxygen atoms in total. The highest BCUT2D eigenvalue weighted by Crippen LogP contribution is 2.39. The molecule has 1 aromatic carbocycles. The van der Waals surface area contributed by atoms with Crippen molar-refractivity contribution < 1.29 is 13.6 Å². The lowest BCUT2D eigenvalue weighted by atomic mass is 9.93. The summed E-state index contributed by atoms with van der Waals surface area (Å²) < 4.78 is 26.7. The van der Waals surface area contributed by atoms with Crippen LogP contribution in [0.25, 0.3) is 0 Å². The third-order valence-corrected chi connectivity index (χ3v) is 9.75. The Kier molecular flexibility index (Phi) is 6.03. The Bertz CT molecular complexity index is 484. The van der Waals surface area contributed by atoms with E-state index in [9.17, 15) is 4.39 Å². The van der Waals surface area contributed by atoms with E-state index in [2.05, 4.69) is 33.9 Å². The molecule has 0 aliphatic heterocycles. The van der Waals surface area contributed by atoms with Gasteiger partial charge in [0.25, 0.3) is 0 Å². The van der Waals surface area contributed by atoms with Crippen molar-refractivity contribution in [2.75, 3.05) is 0 Å². The molecule has 0 spiro atoms. The van der Waals surface area contributed by atoms with Crippen molar-refractivity contribution in [2.45, 2.75) is 83.2 Å². The van der Waals surface area contributed by atoms with Crippen molar-refractivity contribution in [3.63, 3.8) is 0 Å². The van der Waals surface area contributed by atoms with Gasteiger partial charge in [-0.1, -0.05) is 51.1 Å². The van der Waals surface area contributed by atoms with Gasteiger partial charge in [0, 0.05) is 6.42 Å². The number of hydrogen-bond acceptors (Lipinski definition) is 2. The summed E-state index contributed by atoms with van der Waals surface area (Å²) in [5, 5.41) is 0.118. The number of hydrogen-bond donors (Lipinski definition) is 0. The van der Waals surface area contributed by atoms with Gasteiger partial charge in [-0.3, -0.25) is 0 Å². The van der Waals surface area contributed by atoms with Gasteiger partial charge in [-0.05, 0) is 36.5 Å². The molecule has 0 aromatic heterocycles. The summed E-state index contributed by atoms with van der Waals surface area (Å²) in [4.78, 5) is 0. The molecule has 0 bridgehead atoms. The van der Waals surface area contributed by atoms with Gasteiger partial charge >= 0.3 is 0 Å². The van der Waals surface area contributed by atoms with Gasteiger partial charge in [0.2, 0.25) is 0 Å². The van der Waals surface area contributed by atoms with Crippen molar-refractivity contribution in [2.24, 2.45) is 0 Å². The van der Waals surface area contributed by atoms with Crippen molar-refractivity contribution in [3.05, 3.63) is 35.9 Å². The van der Waals surface area contributed by atoms with Crippen LogP contribution in [0.3, 0.4) is 0 Å². The van der Waals surface area contributed by atoms with Gasteiger partial charge in [0.15, 0.2) is 8.32 Å². The Balaban J connectivity index is 1.83. The molecule has 0 amide bonds. The van der Waals surface area contributed by atoms with E-state index in [4.69, 9.17) is 9.16 Å². The lowest BCUT2D eigenvalue weighted by molar-refractivity contribution is -0.0456. The Morgan fingerprint density at radius 1 is 1.13 bits per heavy atom. The highest BCUT2D eigenvalue weighted by molar-refractivity contribution is 6.74. The van der Waals surface area contributed by atoms with Gasteiger partial charge in [-0.2, -0.15) is 0 Å². The smallest absolute Gasteiger partial charge is 0.192 e. The number of benzene rings is 1. The fraction of sp³-hybridized carbons (Fsp3) is 0.684. The molecule has 2 rings (SSSR count). The number of ether oxygens (including phenoxy) is 1. The Morgan fingerprint density at radius 3 is 2.35 bits per heavy atom. The molecule has 3 atom stereocenters. The molecular formula is C19H31FO2Si. The van der Waals surface area contributed by atoms with Crippen LogP contribution < -0.4 is 0 Å². The highest BCUT2D eigenvalue weighted by atomic mass is 28.4. The molecule has 1 saturated carbocycles. The van der Waals surface area contributed by atoms with Gasteiger partial charge < -0.3 is 9.16 Å². The second kappa shape index (κ2) is 7.45. The Hall–Kier alpha value is -0.713. The molecule has 0 N–H and O–H groups in total. The standard InChI is InChI=1S/C19H31FO2Si/c1-19(2,3)23(4,5)22-18-12-11-16(13-17(18)20)21-14-15-9-7-6-8-10-15/h6-10,16-18H,11-14H2,1-5H3. The molecule has 0 saturated heterocycles. The van der Waals surface area contributed by atoms with Gasteiger partial charge in [0.1, 0.15) is 6.17 Å². The maximum absolute atomic E-state index is 14.6. The first-order valence-electron chi connectivity index (χ1n) is 8.66. The summed E-state index contributed by atoms with van der Waals surface area (Å²) in [5.74, 6) is 0. The zero-order valence-corrected chi connectivity index (χ0v) is 16.1. The minimum atomic E-state index is -1.91.